The monoisotopic (exact) mass is 326 g/mol. The third-order valence-electron chi connectivity index (χ3n) is 4.47. The number of hydrogen-bond acceptors (Lipinski definition) is 2. The van der Waals surface area contributed by atoms with E-state index in [9.17, 15) is 9.18 Å². The first-order chi connectivity index (χ1) is 10.1. The maximum Gasteiger partial charge on any atom is 0.237 e. The van der Waals surface area contributed by atoms with Crippen molar-refractivity contribution in [3.8, 4) is 0 Å². The minimum Gasteiger partial charge on any atom is -0.334 e. The summed E-state index contributed by atoms with van der Waals surface area (Å²) in [6.45, 7) is 4.26. The van der Waals surface area contributed by atoms with Gasteiger partial charge in [-0.2, -0.15) is 0 Å². The second-order valence-corrected chi connectivity index (χ2v) is 6.53. The summed E-state index contributed by atoms with van der Waals surface area (Å²) < 4.78 is 13.4. The van der Waals surface area contributed by atoms with Gasteiger partial charge in [-0.3, -0.25) is 4.79 Å². The topological polar surface area (TPSA) is 32.3 Å². The van der Waals surface area contributed by atoms with E-state index >= 15 is 0 Å². The quantitative estimate of drug-likeness (QED) is 0.901. The molecule has 0 aromatic heterocycles. The first kappa shape index (κ1) is 17.2. The Morgan fingerprint density at radius 2 is 2.18 bits per heavy atom. The fourth-order valence-electron chi connectivity index (χ4n) is 3.16. The average Bonchev–Trinajstić information content (AvgIpc) is 3.19. The van der Waals surface area contributed by atoms with Crippen LogP contribution in [0.4, 0.5) is 4.39 Å². The van der Waals surface area contributed by atoms with E-state index in [1.165, 1.54) is 18.9 Å². The fourth-order valence-corrected chi connectivity index (χ4v) is 3.16. The Labute approximate surface area is 137 Å². The predicted molar refractivity (Wildman–Crippen MR) is 87.5 cm³/mol. The highest BCUT2D eigenvalue weighted by atomic mass is 35.5. The zero-order chi connectivity index (χ0) is 14.8. The number of nitrogens with one attached hydrogen (secondary N) is 1. The normalized spacial score (nSPS) is 24.2. The van der Waals surface area contributed by atoms with E-state index in [1.807, 2.05) is 11.0 Å². The summed E-state index contributed by atoms with van der Waals surface area (Å²) in [5.74, 6) is 1.14. The van der Waals surface area contributed by atoms with Gasteiger partial charge in [-0.05, 0) is 55.3 Å². The summed E-state index contributed by atoms with van der Waals surface area (Å²) in [6, 6.07) is 6.67. The molecule has 2 atom stereocenters. The van der Waals surface area contributed by atoms with Gasteiger partial charge in [0.25, 0.3) is 0 Å². The third-order valence-corrected chi connectivity index (χ3v) is 4.47. The number of hydrogen-bond donors (Lipinski definition) is 1. The summed E-state index contributed by atoms with van der Waals surface area (Å²) in [5.41, 5.74) is 0.912. The number of likely N-dealkylation sites (tertiary alicyclic amines) is 1. The molecule has 122 valence electrons. The lowest BCUT2D eigenvalue weighted by Crippen LogP contribution is -2.38. The van der Waals surface area contributed by atoms with Crippen molar-refractivity contribution in [1.29, 1.82) is 0 Å². The van der Waals surface area contributed by atoms with E-state index in [1.54, 1.807) is 12.1 Å². The minimum absolute atomic E-state index is 0. The third kappa shape index (κ3) is 4.20. The van der Waals surface area contributed by atoms with Crippen LogP contribution >= 0.6 is 12.4 Å². The first-order valence-corrected chi connectivity index (χ1v) is 7.89. The zero-order valence-electron chi connectivity index (χ0n) is 12.9. The molecule has 2 aliphatic rings. The fraction of sp³-hybridized carbons (Fsp3) is 0.588. The SMILES string of the molecule is CC1CC(c2cccc(F)c2)N(C(=O)CNCC2CC2)C1.Cl. The molecular weight excluding hydrogens is 303 g/mol. The summed E-state index contributed by atoms with van der Waals surface area (Å²) >= 11 is 0. The van der Waals surface area contributed by atoms with E-state index in [4.69, 9.17) is 0 Å². The second-order valence-electron chi connectivity index (χ2n) is 6.53. The molecule has 2 fully saturated rings. The molecule has 0 spiro atoms. The number of carbonyl (C=O) groups excluding carboxylic acids is 1. The first-order valence-electron chi connectivity index (χ1n) is 7.89. The molecule has 1 saturated heterocycles. The summed E-state index contributed by atoms with van der Waals surface area (Å²) in [4.78, 5) is 14.3. The number of benzene rings is 1. The highest BCUT2D eigenvalue weighted by Crippen LogP contribution is 2.35. The van der Waals surface area contributed by atoms with Crippen LogP contribution in [0.1, 0.15) is 37.8 Å². The van der Waals surface area contributed by atoms with E-state index < -0.39 is 0 Å². The van der Waals surface area contributed by atoms with Gasteiger partial charge in [0, 0.05) is 6.54 Å². The van der Waals surface area contributed by atoms with E-state index in [2.05, 4.69) is 12.2 Å². The molecular formula is C17H24ClFN2O. The smallest absolute Gasteiger partial charge is 0.237 e. The van der Waals surface area contributed by atoms with Crippen molar-refractivity contribution in [3.63, 3.8) is 0 Å². The molecule has 22 heavy (non-hydrogen) atoms. The maximum absolute atomic E-state index is 13.4. The second kappa shape index (κ2) is 7.42. The van der Waals surface area contributed by atoms with Gasteiger partial charge in [-0.1, -0.05) is 19.1 Å². The largest absolute Gasteiger partial charge is 0.334 e. The number of halogens is 2. The Morgan fingerprint density at radius 1 is 1.41 bits per heavy atom. The van der Waals surface area contributed by atoms with Crippen molar-refractivity contribution in [2.24, 2.45) is 11.8 Å². The number of amides is 1. The van der Waals surface area contributed by atoms with Gasteiger partial charge in [0.05, 0.1) is 12.6 Å². The van der Waals surface area contributed by atoms with Crippen LogP contribution in [0.25, 0.3) is 0 Å². The molecule has 1 N–H and O–H groups in total. The molecule has 1 aliphatic carbocycles. The lowest BCUT2D eigenvalue weighted by Gasteiger charge is -2.25. The summed E-state index contributed by atoms with van der Waals surface area (Å²) in [5, 5.41) is 3.26. The Bertz CT molecular complexity index is 521. The lowest BCUT2D eigenvalue weighted by atomic mass is 10.0. The van der Waals surface area contributed by atoms with Crippen LogP contribution in [0.15, 0.2) is 24.3 Å². The van der Waals surface area contributed by atoms with Crippen molar-refractivity contribution in [3.05, 3.63) is 35.6 Å². The molecule has 1 amide bonds. The molecule has 2 unspecified atom stereocenters. The van der Waals surface area contributed by atoms with Gasteiger partial charge in [0.15, 0.2) is 0 Å². The van der Waals surface area contributed by atoms with E-state index in [-0.39, 0.29) is 30.2 Å². The molecule has 1 saturated carbocycles. The van der Waals surface area contributed by atoms with Crippen molar-refractivity contribution in [1.82, 2.24) is 10.2 Å². The van der Waals surface area contributed by atoms with Crippen LogP contribution in [0.3, 0.4) is 0 Å². The molecule has 1 aromatic rings. The molecule has 5 heteroatoms. The van der Waals surface area contributed by atoms with Crippen LogP contribution < -0.4 is 5.32 Å². The van der Waals surface area contributed by atoms with Crippen molar-refractivity contribution in [2.75, 3.05) is 19.6 Å². The molecule has 0 radical (unpaired) electrons. The van der Waals surface area contributed by atoms with Crippen molar-refractivity contribution >= 4 is 18.3 Å². The lowest BCUT2D eigenvalue weighted by molar-refractivity contribution is -0.131. The number of rotatable bonds is 5. The highest BCUT2D eigenvalue weighted by Gasteiger charge is 2.34. The average molecular weight is 327 g/mol. The van der Waals surface area contributed by atoms with Gasteiger partial charge in [-0.25, -0.2) is 4.39 Å². The minimum atomic E-state index is -0.230. The highest BCUT2D eigenvalue weighted by molar-refractivity contribution is 5.85. The van der Waals surface area contributed by atoms with Gasteiger partial charge in [0.2, 0.25) is 5.91 Å². The molecule has 1 aromatic carbocycles. The standard InChI is InChI=1S/C17H23FN2O.ClH/c1-12-7-16(14-3-2-4-15(18)8-14)20(11-12)17(21)10-19-9-13-5-6-13;/h2-4,8,12-13,16,19H,5-7,9-11H2,1H3;1H. The van der Waals surface area contributed by atoms with Gasteiger partial charge >= 0.3 is 0 Å². The zero-order valence-corrected chi connectivity index (χ0v) is 13.7. The van der Waals surface area contributed by atoms with Crippen LogP contribution in [-0.2, 0) is 4.79 Å². The van der Waals surface area contributed by atoms with Crippen LogP contribution in [0.2, 0.25) is 0 Å². The molecule has 1 aliphatic heterocycles. The van der Waals surface area contributed by atoms with Crippen molar-refractivity contribution < 1.29 is 9.18 Å². The Kier molecular flexibility index (Phi) is 5.81. The molecule has 3 nitrogen and oxygen atoms in total. The summed E-state index contributed by atoms with van der Waals surface area (Å²) in [6.07, 6.45) is 3.49. The number of carbonyl (C=O) groups is 1. The molecule has 0 bridgehead atoms. The summed E-state index contributed by atoms with van der Waals surface area (Å²) in [7, 11) is 0. The van der Waals surface area contributed by atoms with Crippen molar-refractivity contribution in [2.45, 2.75) is 32.2 Å². The van der Waals surface area contributed by atoms with Crippen LogP contribution in [-0.4, -0.2) is 30.4 Å². The van der Waals surface area contributed by atoms with Crippen LogP contribution in [0, 0.1) is 17.7 Å². The molecule has 3 rings (SSSR count). The Balaban J connectivity index is 0.00000176. The Morgan fingerprint density at radius 3 is 2.86 bits per heavy atom. The van der Waals surface area contributed by atoms with Crippen LogP contribution in [0.5, 0.6) is 0 Å². The van der Waals surface area contributed by atoms with Gasteiger partial charge in [-0.15, -0.1) is 12.4 Å². The van der Waals surface area contributed by atoms with E-state index in [0.717, 1.165) is 31.0 Å². The maximum atomic E-state index is 13.4. The molecule has 1 heterocycles. The predicted octanol–water partition coefficient (Wildman–Crippen LogP) is 3.16. The van der Waals surface area contributed by atoms with Gasteiger partial charge in [0.1, 0.15) is 5.82 Å². The number of nitrogens with zero attached hydrogens (tertiary/aromatic N) is 1. The Hall–Kier alpha value is -1.13. The van der Waals surface area contributed by atoms with E-state index in [0.29, 0.717) is 12.5 Å². The van der Waals surface area contributed by atoms with Gasteiger partial charge < -0.3 is 10.2 Å².